The molecule has 0 saturated carbocycles. The Hall–Kier alpha value is -2.45. The molecule has 2 aromatic carbocycles. The molecule has 3 aromatic rings. The Bertz CT molecular complexity index is 965. The minimum Gasteiger partial charge on any atom is -0.504 e. The molecule has 0 bridgehead atoms. The van der Waals surface area contributed by atoms with Crippen LogP contribution < -0.4 is 4.74 Å². The number of methoxy groups -OCH3 is 1. The van der Waals surface area contributed by atoms with Crippen molar-refractivity contribution in [3.63, 3.8) is 0 Å². The summed E-state index contributed by atoms with van der Waals surface area (Å²) in [7, 11) is 1.49. The Kier molecular flexibility index (Phi) is 4.77. The first kappa shape index (κ1) is 16.4. The fraction of sp³-hybridized carbons (Fsp3) is 0.0625. The third kappa shape index (κ3) is 3.10. The Morgan fingerprint density at radius 2 is 2.08 bits per heavy atom. The maximum atomic E-state index is 10.1. The lowest BCUT2D eigenvalue weighted by Crippen LogP contribution is -1.96. The molecule has 24 heavy (non-hydrogen) atoms. The molecule has 3 rings (SSSR count). The smallest absolute Gasteiger partial charge is 0.216 e. The van der Waals surface area contributed by atoms with Gasteiger partial charge in [0, 0.05) is 15.6 Å². The van der Waals surface area contributed by atoms with Gasteiger partial charge in [-0.2, -0.15) is 14.9 Å². The van der Waals surface area contributed by atoms with Crippen molar-refractivity contribution in [2.45, 2.75) is 0 Å². The minimum absolute atomic E-state index is 0.0150. The highest BCUT2D eigenvalue weighted by Gasteiger charge is 2.11. The van der Waals surface area contributed by atoms with Gasteiger partial charge in [0.15, 0.2) is 17.3 Å². The predicted octanol–water partition coefficient (Wildman–Crippen LogP) is 3.97. The number of nitrogens with one attached hydrogen (secondary N) is 1. The highest BCUT2D eigenvalue weighted by Crippen LogP contribution is 2.29. The Morgan fingerprint density at radius 3 is 2.83 bits per heavy atom. The van der Waals surface area contributed by atoms with Gasteiger partial charge in [-0.3, -0.25) is 0 Å². The second kappa shape index (κ2) is 6.98. The van der Waals surface area contributed by atoms with Gasteiger partial charge in [0.05, 0.1) is 13.3 Å². The number of halogens is 1. The Morgan fingerprint density at radius 1 is 1.29 bits per heavy atom. The Balaban J connectivity index is 2.05. The van der Waals surface area contributed by atoms with Crippen molar-refractivity contribution in [3.8, 4) is 22.9 Å². The molecule has 2 N–H and O–H groups in total. The summed E-state index contributed by atoms with van der Waals surface area (Å²) in [6, 6.07) is 12.8. The molecule has 0 radical (unpaired) electrons. The molecule has 0 unspecified atom stereocenters. The van der Waals surface area contributed by atoms with Gasteiger partial charge in [-0.25, -0.2) is 5.10 Å². The summed E-state index contributed by atoms with van der Waals surface area (Å²) in [4.78, 5) is 0. The number of aromatic amines is 1. The van der Waals surface area contributed by atoms with Crippen molar-refractivity contribution in [2.75, 3.05) is 7.11 Å². The molecule has 0 saturated heterocycles. The SMILES string of the molecule is COc1cccc(C=Nn2c(-c3ccccc3Br)n[nH]c2=S)c1O. The average Bonchev–Trinajstić information content (AvgIpc) is 2.95. The average molecular weight is 405 g/mol. The zero-order valence-corrected chi connectivity index (χ0v) is 15.0. The molecular formula is C16H13BrN4O2S. The van der Waals surface area contributed by atoms with Crippen LogP contribution in [0.3, 0.4) is 0 Å². The van der Waals surface area contributed by atoms with E-state index < -0.39 is 0 Å². The van der Waals surface area contributed by atoms with Gasteiger partial charge >= 0.3 is 0 Å². The quantitative estimate of drug-likeness (QED) is 0.509. The van der Waals surface area contributed by atoms with Crippen LogP contribution in [0, 0.1) is 4.77 Å². The van der Waals surface area contributed by atoms with Gasteiger partial charge in [0.2, 0.25) is 4.77 Å². The van der Waals surface area contributed by atoms with E-state index >= 15 is 0 Å². The highest BCUT2D eigenvalue weighted by atomic mass is 79.9. The summed E-state index contributed by atoms with van der Waals surface area (Å²) in [5.41, 5.74) is 1.35. The first-order chi connectivity index (χ1) is 11.6. The van der Waals surface area contributed by atoms with E-state index in [1.807, 2.05) is 24.3 Å². The van der Waals surface area contributed by atoms with Gasteiger partial charge in [0.25, 0.3) is 0 Å². The van der Waals surface area contributed by atoms with Gasteiger partial charge in [-0.05, 0) is 36.5 Å². The first-order valence-corrected chi connectivity index (χ1v) is 8.14. The van der Waals surface area contributed by atoms with E-state index in [-0.39, 0.29) is 5.75 Å². The van der Waals surface area contributed by atoms with Crippen LogP contribution in [0.25, 0.3) is 11.4 Å². The number of phenols is 1. The molecule has 0 spiro atoms. The number of nitrogens with zero attached hydrogens (tertiary/aromatic N) is 3. The third-order valence-corrected chi connectivity index (χ3v) is 4.28. The molecular weight excluding hydrogens is 392 g/mol. The number of aromatic hydroxyl groups is 1. The molecule has 122 valence electrons. The fourth-order valence-electron chi connectivity index (χ4n) is 2.14. The van der Waals surface area contributed by atoms with Crippen LogP contribution in [0.5, 0.6) is 11.5 Å². The van der Waals surface area contributed by atoms with Crippen LogP contribution in [0.4, 0.5) is 0 Å². The lowest BCUT2D eigenvalue weighted by atomic mass is 10.2. The number of aromatic nitrogens is 3. The monoisotopic (exact) mass is 404 g/mol. The van der Waals surface area contributed by atoms with Crippen LogP contribution in [0.2, 0.25) is 0 Å². The van der Waals surface area contributed by atoms with Crippen molar-refractivity contribution in [1.82, 2.24) is 14.9 Å². The number of para-hydroxylation sites is 1. The fourth-order valence-corrected chi connectivity index (χ4v) is 2.79. The summed E-state index contributed by atoms with van der Waals surface area (Å²) in [5.74, 6) is 0.952. The second-order valence-electron chi connectivity index (χ2n) is 4.79. The highest BCUT2D eigenvalue weighted by molar-refractivity contribution is 9.10. The summed E-state index contributed by atoms with van der Waals surface area (Å²) < 4.78 is 7.81. The van der Waals surface area contributed by atoms with Crippen LogP contribution in [0.1, 0.15) is 5.56 Å². The molecule has 0 fully saturated rings. The van der Waals surface area contributed by atoms with E-state index in [4.69, 9.17) is 17.0 Å². The van der Waals surface area contributed by atoms with Crippen LogP contribution in [-0.4, -0.2) is 33.3 Å². The molecule has 0 aliphatic rings. The largest absolute Gasteiger partial charge is 0.504 e. The third-order valence-electron chi connectivity index (χ3n) is 3.33. The molecule has 0 aliphatic carbocycles. The first-order valence-electron chi connectivity index (χ1n) is 6.94. The van der Waals surface area contributed by atoms with Crippen molar-refractivity contribution in [1.29, 1.82) is 0 Å². The van der Waals surface area contributed by atoms with Crippen molar-refractivity contribution in [3.05, 3.63) is 57.3 Å². The number of ether oxygens (including phenoxy) is 1. The van der Waals surface area contributed by atoms with E-state index in [0.717, 1.165) is 10.0 Å². The molecule has 0 atom stereocenters. The summed E-state index contributed by atoms with van der Waals surface area (Å²) in [5, 5.41) is 21.4. The number of benzene rings is 2. The number of phenolic OH excluding ortho intramolecular Hbond substituents is 1. The lowest BCUT2D eigenvalue weighted by Gasteiger charge is -2.06. The van der Waals surface area contributed by atoms with E-state index in [1.165, 1.54) is 18.0 Å². The van der Waals surface area contributed by atoms with Gasteiger partial charge in [0.1, 0.15) is 0 Å². The van der Waals surface area contributed by atoms with Crippen molar-refractivity contribution >= 4 is 34.4 Å². The molecule has 6 nitrogen and oxygen atoms in total. The summed E-state index contributed by atoms with van der Waals surface area (Å²) >= 11 is 8.73. The Labute approximate surface area is 151 Å². The topological polar surface area (TPSA) is 75.4 Å². The van der Waals surface area contributed by atoms with E-state index in [0.29, 0.717) is 21.9 Å². The predicted molar refractivity (Wildman–Crippen MR) is 98.2 cm³/mol. The minimum atomic E-state index is 0.0150. The van der Waals surface area contributed by atoms with E-state index in [2.05, 4.69) is 31.2 Å². The zero-order chi connectivity index (χ0) is 17.1. The molecule has 8 heteroatoms. The van der Waals surface area contributed by atoms with Crippen molar-refractivity contribution in [2.24, 2.45) is 5.10 Å². The lowest BCUT2D eigenvalue weighted by molar-refractivity contribution is 0.373. The number of hydrogen-bond donors (Lipinski definition) is 2. The van der Waals surface area contributed by atoms with E-state index in [1.54, 1.807) is 18.2 Å². The maximum Gasteiger partial charge on any atom is 0.216 e. The number of rotatable bonds is 4. The van der Waals surface area contributed by atoms with Crippen LogP contribution >= 0.6 is 28.1 Å². The second-order valence-corrected chi connectivity index (χ2v) is 6.03. The van der Waals surface area contributed by atoms with Crippen LogP contribution in [-0.2, 0) is 0 Å². The zero-order valence-electron chi connectivity index (χ0n) is 12.6. The number of H-pyrrole nitrogens is 1. The van der Waals surface area contributed by atoms with Gasteiger partial charge < -0.3 is 9.84 Å². The molecule has 0 aliphatic heterocycles. The standard InChI is InChI=1S/C16H13BrN4O2S/c1-23-13-8-4-5-10(14(13)22)9-18-21-15(19-20-16(21)24)11-6-2-3-7-12(11)17/h2-9,22H,1H3,(H,20,24). The summed E-state index contributed by atoms with van der Waals surface area (Å²) in [6.07, 6.45) is 1.50. The van der Waals surface area contributed by atoms with Gasteiger partial charge in [-0.15, -0.1) is 0 Å². The molecule has 0 amide bonds. The van der Waals surface area contributed by atoms with Gasteiger partial charge in [-0.1, -0.05) is 34.1 Å². The maximum absolute atomic E-state index is 10.1. The van der Waals surface area contributed by atoms with E-state index in [9.17, 15) is 5.11 Å². The van der Waals surface area contributed by atoms with Crippen molar-refractivity contribution < 1.29 is 9.84 Å². The summed E-state index contributed by atoms with van der Waals surface area (Å²) in [6.45, 7) is 0. The normalized spacial score (nSPS) is 11.1. The molecule has 1 heterocycles. The van der Waals surface area contributed by atoms with Crippen LogP contribution in [0.15, 0.2) is 52.0 Å². The number of hydrogen-bond acceptors (Lipinski definition) is 5. The molecule has 1 aromatic heterocycles.